The molecule has 1 saturated heterocycles. The highest BCUT2D eigenvalue weighted by atomic mass is 32.2. The zero-order valence-electron chi connectivity index (χ0n) is 9.30. The van der Waals surface area contributed by atoms with Gasteiger partial charge in [-0.15, -0.1) is 0 Å². The molecule has 1 aliphatic heterocycles. The largest absolute Gasteiger partial charge is 0.478 e. The number of piperidine rings is 1. The molecular formula is C12H14FNO2S. The van der Waals surface area contributed by atoms with Gasteiger partial charge in [-0.2, -0.15) is 0 Å². The highest BCUT2D eigenvalue weighted by Crippen LogP contribution is 2.27. The molecule has 92 valence electrons. The number of alkyl halides is 1. The van der Waals surface area contributed by atoms with Crippen molar-refractivity contribution < 1.29 is 14.3 Å². The Balaban J connectivity index is 1.96. The van der Waals surface area contributed by atoms with Gasteiger partial charge in [-0.1, -0.05) is 0 Å². The number of carboxylic acids is 1. The van der Waals surface area contributed by atoms with Crippen LogP contribution < -0.4 is 0 Å². The molecule has 1 aliphatic rings. The van der Waals surface area contributed by atoms with Crippen molar-refractivity contribution in [2.75, 3.05) is 13.1 Å². The van der Waals surface area contributed by atoms with Gasteiger partial charge in [0.2, 0.25) is 0 Å². The van der Waals surface area contributed by atoms with Crippen molar-refractivity contribution in [2.45, 2.75) is 23.9 Å². The number of carbonyl (C=O) groups is 1. The summed E-state index contributed by atoms with van der Waals surface area (Å²) in [6.45, 7) is 1.33. The zero-order valence-corrected chi connectivity index (χ0v) is 10.1. The van der Waals surface area contributed by atoms with Crippen molar-refractivity contribution in [3.8, 4) is 0 Å². The average Bonchev–Trinajstić information content (AvgIpc) is 2.29. The third kappa shape index (κ3) is 3.44. The number of aromatic carboxylic acids is 1. The van der Waals surface area contributed by atoms with Gasteiger partial charge in [-0.25, -0.2) is 13.5 Å². The molecule has 0 bridgehead atoms. The minimum atomic E-state index is -0.927. The molecule has 0 saturated carbocycles. The zero-order chi connectivity index (χ0) is 12.3. The topological polar surface area (TPSA) is 40.5 Å². The average molecular weight is 255 g/mol. The molecule has 1 aromatic carbocycles. The first-order chi connectivity index (χ1) is 8.15. The van der Waals surface area contributed by atoms with Crippen molar-refractivity contribution in [2.24, 2.45) is 0 Å². The lowest BCUT2D eigenvalue weighted by Gasteiger charge is -2.27. The molecule has 5 heteroatoms. The Morgan fingerprint density at radius 1 is 1.41 bits per heavy atom. The number of rotatable bonds is 3. The Kier molecular flexibility index (Phi) is 4.02. The van der Waals surface area contributed by atoms with Gasteiger partial charge in [0.25, 0.3) is 0 Å². The smallest absolute Gasteiger partial charge is 0.335 e. The van der Waals surface area contributed by atoms with Gasteiger partial charge in [0.15, 0.2) is 0 Å². The summed E-state index contributed by atoms with van der Waals surface area (Å²) in [5, 5.41) is 8.77. The summed E-state index contributed by atoms with van der Waals surface area (Å²) in [5.41, 5.74) is 0.274. The van der Waals surface area contributed by atoms with Crippen molar-refractivity contribution in [1.29, 1.82) is 0 Å². The minimum absolute atomic E-state index is 0.274. The Bertz CT molecular complexity index is 396. The summed E-state index contributed by atoms with van der Waals surface area (Å²) in [5.74, 6) is -0.927. The van der Waals surface area contributed by atoms with E-state index in [1.54, 1.807) is 24.3 Å². The number of benzene rings is 1. The molecule has 1 unspecified atom stereocenters. The molecule has 1 heterocycles. The van der Waals surface area contributed by atoms with Gasteiger partial charge in [-0.3, -0.25) is 0 Å². The molecule has 1 fully saturated rings. The fourth-order valence-corrected chi connectivity index (χ4v) is 2.80. The van der Waals surface area contributed by atoms with Crippen LogP contribution in [-0.4, -0.2) is 34.6 Å². The van der Waals surface area contributed by atoms with Crippen LogP contribution >= 0.6 is 11.9 Å². The molecular weight excluding hydrogens is 241 g/mol. The van der Waals surface area contributed by atoms with Crippen LogP contribution in [0, 0.1) is 0 Å². The van der Waals surface area contributed by atoms with E-state index in [2.05, 4.69) is 0 Å². The number of hydrogen-bond acceptors (Lipinski definition) is 3. The van der Waals surface area contributed by atoms with Gasteiger partial charge in [-0.05, 0) is 49.1 Å². The molecule has 0 radical (unpaired) electrons. The number of nitrogens with zero attached hydrogens (tertiary/aromatic N) is 1. The molecule has 0 spiro atoms. The second-order valence-electron chi connectivity index (χ2n) is 4.05. The maximum atomic E-state index is 13.2. The first kappa shape index (κ1) is 12.4. The van der Waals surface area contributed by atoms with E-state index < -0.39 is 12.1 Å². The number of halogens is 1. The standard InChI is InChI=1S/C12H14FNO2S/c13-10-2-1-7-14(8-10)17-11-5-3-9(4-6-11)12(15)16/h3-6,10H,1-2,7-8H2,(H,15,16). The third-order valence-corrected chi connectivity index (χ3v) is 3.74. The number of hydrogen-bond donors (Lipinski definition) is 1. The molecule has 0 aliphatic carbocycles. The van der Waals surface area contributed by atoms with E-state index in [9.17, 15) is 9.18 Å². The maximum absolute atomic E-state index is 13.2. The van der Waals surface area contributed by atoms with Crippen LogP contribution in [0.1, 0.15) is 23.2 Å². The van der Waals surface area contributed by atoms with E-state index >= 15 is 0 Å². The van der Waals surface area contributed by atoms with Gasteiger partial charge >= 0.3 is 5.97 Å². The van der Waals surface area contributed by atoms with E-state index in [4.69, 9.17) is 5.11 Å². The normalized spacial score (nSPS) is 21.4. The van der Waals surface area contributed by atoms with Crippen LogP contribution in [-0.2, 0) is 0 Å². The monoisotopic (exact) mass is 255 g/mol. The Hall–Kier alpha value is -1.07. The molecule has 1 N–H and O–H groups in total. The fraction of sp³-hybridized carbons (Fsp3) is 0.417. The van der Waals surface area contributed by atoms with Crippen LogP contribution in [0.3, 0.4) is 0 Å². The third-order valence-electron chi connectivity index (χ3n) is 2.66. The lowest BCUT2D eigenvalue weighted by Crippen LogP contribution is -2.31. The molecule has 0 amide bonds. The molecule has 0 aromatic heterocycles. The Morgan fingerprint density at radius 2 is 2.12 bits per heavy atom. The van der Waals surface area contributed by atoms with Gasteiger partial charge in [0.05, 0.1) is 5.56 Å². The highest BCUT2D eigenvalue weighted by Gasteiger charge is 2.19. The van der Waals surface area contributed by atoms with Crippen LogP contribution in [0.25, 0.3) is 0 Å². The summed E-state index contributed by atoms with van der Waals surface area (Å²) in [6.07, 6.45) is 0.783. The lowest BCUT2D eigenvalue weighted by molar-refractivity contribution is 0.0697. The predicted molar refractivity (Wildman–Crippen MR) is 65.0 cm³/mol. The first-order valence-corrected chi connectivity index (χ1v) is 6.33. The van der Waals surface area contributed by atoms with Gasteiger partial charge in [0, 0.05) is 18.0 Å². The lowest BCUT2D eigenvalue weighted by atomic mass is 10.1. The highest BCUT2D eigenvalue weighted by molar-refractivity contribution is 7.97. The van der Waals surface area contributed by atoms with Crippen molar-refractivity contribution in [3.05, 3.63) is 29.8 Å². The summed E-state index contributed by atoms with van der Waals surface area (Å²) in [4.78, 5) is 11.6. The summed E-state index contributed by atoms with van der Waals surface area (Å²) in [6, 6.07) is 6.66. The maximum Gasteiger partial charge on any atom is 0.335 e. The van der Waals surface area contributed by atoms with Crippen LogP contribution in [0.5, 0.6) is 0 Å². The van der Waals surface area contributed by atoms with E-state index in [0.29, 0.717) is 13.0 Å². The second kappa shape index (κ2) is 5.51. The van der Waals surface area contributed by atoms with Crippen LogP contribution in [0.4, 0.5) is 4.39 Å². The minimum Gasteiger partial charge on any atom is -0.478 e. The SMILES string of the molecule is O=C(O)c1ccc(SN2CCCC(F)C2)cc1. The summed E-state index contributed by atoms with van der Waals surface area (Å²) in [7, 11) is 0. The van der Waals surface area contributed by atoms with Crippen molar-refractivity contribution in [1.82, 2.24) is 4.31 Å². The molecule has 1 aromatic rings. The Labute approximate surface area is 104 Å². The number of carboxylic acid groups (broad SMARTS) is 1. The van der Waals surface area contributed by atoms with Crippen molar-refractivity contribution in [3.63, 3.8) is 0 Å². The van der Waals surface area contributed by atoms with E-state index in [1.165, 1.54) is 11.9 Å². The molecule has 3 nitrogen and oxygen atoms in total. The summed E-state index contributed by atoms with van der Waals surface area (Å²) < 4.78 is 15.2. The molecule has 2 rings (SSSR count). The van der Waals surface area contributed by atoms with E-state index in [1.807, 2.05) is 4.31 Å². The van der Waals surface area contributed by atoms with E-state index in [-0.39, 0.29) is 5.56 Å². The molecule has 17 heavy (non-hydrogen) atoms. The van der Waals surface area contributed by atoms with Crippen molar-refractivity contribution >= 4 is 17.9 Å². The van der Waals surface area contributed by atoms with Gasteiger partial charge < -0.3 is 5.11 Å². The van der Waals surface area contributed by atoms with Crippen LogP contribution in [0.15, 0.2) is 29.2 Å². The van der Waals surface area contributed by atoms with Crippen LogP contribution in [0.2, 0.25) is 0 Å². The molecule has 1 atom stereocenters. The Morgan fingerprint density at radius 3 is 2.71 bits per heavy atom. The quantitative estimate of drug-likeness (QED) is 0.843. The fourth-order valence-electron chi connectivity index (χ4n) is 1.78. The van der Waals surface area contributed by atoms with E-state index in [0.717, 1.165) is 17.9 Å². The predicted octanol–water partition coefficient (Wildman–Crippen LogP) is 2.83. The van der Waals surface area contributed by atoms with Gasteiger partial charge in [0.1, 0.15) is 6.17 Å². The first-order valence-electron chi connectivity index (χ1n) is 5.55. The second-order valence-corrected chi connectivity index (χ2v) is 5.22. The summed E-state index contributed by atoms with van der Waals surface area (Å²) >= 11 is 1.49.